The van der Waals surface area contributed by atoms with Crippen molar-refractivity contribution in [1.82, 2.24) is 4.98 Å². The first-order valence-corrected chi connectivity index (χ1v) is 4.70. The van der Waals surface area contributed by atoms with Crippen LogP contribution in [0.1, 0.15) is 12.0 Å². The minimum Gasteiger partial charge on any atom is -0.396 e. The second-order valence-corrected chi connectivity index (χ2v) is 3.15. The summed E-state index contributed by atoms with van der Waals surface area (Å²) < 4.78 is 0. The summed E-state index contributed by atoms with van der Waals surface area (Å²) in [5, 5.41) is 3.71. The van der Waals surface area contributed by atoms with Gasteiger partial charge >= 0.3 is 0 Å². The van der Waals surface area contributed by atoms with Gasteiger partial charge in [-0.15, -0.1) is 0 Å². The number of azide groups is 1. The molecule has 0 saturated carbocycles. The molecular weight excluding hydrogens is 214 g/mol. The van der Waals surface area contributed by atoms with E-state index in [9.17, 15) is 0 Å². The number of aromatic nitrogens is 1. The molecular formula is C9H10ClN5. The molecule has 0 saturated heterocycles. The molecule has 1 rings (SSSR count). The molecule has 0 amide bonds. The van der Waals surface area contributed by atoms with E-state index in [1.807, 2.05) is 12.2 Å². The third-order valence-electron chi connectivity index (χ3n) is 1.66. The van der Waals surface area contributed by atoms with E-state index in [-0.39, 0.29) is 0 Å². The molecule has 0 aliphatic rings. The molecule has 1 heterocycles. The summed E-state index contributed by atoms with van der Waals surface area (Å²) in [7, 11) is 0. The Bertz CT molecular complexity index is 409. The zero-order valence-electron chi connectivity index (χ0n) is 7.97. The maximum atomic E-state index is 8.04. The van der Waals surface area contributed by atoms with Gasteiger partial charge in [-0.2, -0.15) is 0 Å². The Morgan fingerprint density at radius 3 is 3.13 bits per heavy atom. The summed E-state index contributed by atoms with van der Waals surface area (Å²) in [6, 6.07) is 1.74. The first kappa shape index (κ1) is 11.4. The largest absolute Gasteiger partial charge is 0.396 e. The summed E-state index contributed by atoms with van der Waals surface area (Å²) in [6.07, 6.45) is 6.06. The molecule has 0 aromatic carbocycles. The van der Waals surface area contributed by atoms with Gasteiger partial charge in [0, 0.05) is 17.7 Å². The lowest BCUT2D eigenvalue weighted by molar-refractivity contribution is 0.995. The van der Waals surface area contributed by atoms with E-state index < -0.39 is 0 Å². The number of rotatable bonds is 4. The molecule has 0 fully saturated rings. The summed E-state index contributed by atoms with van der Waals surface area (Å²) in [6.45, 7) is 0.448. The predicted octanol–water partition coefficient (Wildman–Crippen LogP) is 3.03. The average Bonchev–Trinajstić information content (AvgIpc) is 2.23. The van der Waals surface area contributed by atoms with Crippen molar-refractivity contribution in [2.45, 2.75) is 6.42 Å². The summed E-state index contributed by atoms with van der Waals surface area (Å²) >= 11 is 5.67. The Morgan fingerprint density at radius 1 is 1.67 bits per heavy atom. The molecule has 2 N–H and O–H groups in total. The number of nitrogens with two attached hydrogens (primary N) is 1. The first-order chi connectivity index (χ1) is 7.24. The van der Waals surface area contributed by atoms with Crippen molar-refractivity contribution in [3.05, 3.63) is 39.5 Å². The quantitative estimate of drug-likeness (QED) is 0.280. The Labute approximate surface area is 92.2 Å². The van der Waals surface area contributed by atoms with Gasteiger partial charge < -0.3 is 5.73 Å². The SMILES string of the molecule is [N-]=[N+]=NCCC=Cc1cnc(Cl)c(N)c1. The van der Waals surface area contributed by atoms with Gasteiger partial charge in [0.05, 0.1) is 5.69 Å². The van der Waals surface area contributed by atoms with E-state index in [2.05, 4.69) is 15.0 Å². The number of hydrogen-bond acceptors (Lipinski definition) is 3. The van der Waals surface area contributed by atoms with Crippen LogP contribution in [0.25, 0.3) is 16.5 Å². The maximum absolute atomic E-state index is 8.04. The van der Waals surface area contributed by atoms with Gasteiger partial charge in [0.2, 0.25) is 0 Å². The van der Waals surface area contributed by atoms with Crippen molar-refractivity contribution >= 4 is 23.4 Å². The van der Waals surface area contributed by atoms with Gasteiger partial charge in [-0.25, -0.2) is 4.98 Å². The van der Waals surface area contributed by atoms with E-state index in [1.54, 1.807) is 12.3 Å². The third-order valence-corrected chi connectivity index (χ3v) is 1.97. The van der Waals surface area contributed by atoms with Gasteiger partial charge in [-0.1, -0.05) is 28.9 Å². The van der Waals surface area contributed by atoms with Gasteiger partial charge in [0.1, 0.15) is 0 Å². The first-order valence-electron chi connectivity index (χ1n) is 4.32. The highest BCUT2D eigenvalue weighted by Crippen LogP contribution is 2.16. The number of hydrogen-bond donors (Lipinski definition) is 1. The fraction of sp³-hybridized carbons (Fsp3) is 0.222. The lowest BCUT2D eigenvalue weighted by atomic mass is 10.2. The van der Waals surface area contributed by atoms with Crippen LogP contribution in [0.15, 0.2) is 23.5 Å². The molecule has 78 valence electrons. The molecule has 0 unspecified atom stereocenters. The molecule has 0 spiro atoms. The van der Waals surface area contributed by atoms with Crippen molar-refractivity contribution < 1.29 is 0 Å². The summed E-state index contributed by atoms with van der Waals surface area (Å²) in [5.41, 5.74) is 14.9. The van der Waals surface area contributed by atoms with Crippen LogP contribution in [-0.2, 0) is 0 Å². The fourth-order valence-corrected chi connectivity index (χ4v) is 1.07. The molecule has 0 aliphatic carbocycles. The van der Waals surface area contributed by atoms with Crippen LogP contribution >= 0.6 is 11.6 Å². The Balaban J connectivity index is 2.56. The van der Waals surface area contributed by atoms with Crippen LogP contribution in [0.3, 0.4) is 0 Å². The topological polar surface area (TPSA) is 87.7 Å². The number of pyridine rings is 1. The lowest BCUT2D eigenvalue weighted by Crippen LogP contribution is -1.89. The van der Waals surface area contributed by atoms with Crippen molar-refractivity contribution in [2.24, 2.45) is 5.11 Å². The van der Waals surface area contributed by atoms with E-state index in [0.717, 1.165) is 5.56 Å². The molecule has 0 atom stereocenters. The average molecular weight is 224 g/mol. The van der Waals surface area contributed by atoms with Crippen molar-refractivity contribution in [3.8, 4) is 0 Å². The predicted molar refractivity (Wildman–Crippen MR) is 61.3 cm³/mol. The lowest BCUT2D eigenvalue weighted by Gasteiger charge is -1.97. The molecule has 15 heavy (non-hydrogen) atoms. The molecule has 6 heteroatoms. The highest BCUT2D eigenvalue weighted by Gasteiger charge is 1.96. The van der Waals surface area contributed by atoms with Gasteiger partial charge in [0.25, 0.3) is 0 Å². The molecule has 1 aromatic heterocycles. The van der Waals surface area contributed by atoms with Crippen LogP contribution in [0.5, 0.6) is 0 Å². The zero-order chi connectivity index (χ0) is 11.1. The molecule has 0 bridgehead atoms. The van der Waals surface area contributed by atoms with Crippen molar-refractivity contribution in [1.29, 1.82) is 0 Å². The van der Waals surface area contributed by atoms with Crippen LogP contribution in [-0.4, -0.2) is 11.5 Å². The minimum absolute atomic E-state index is 0.307. The van der Waals surface area contributed by atoms with E-state index in [0.29, 0.717) is 23.8 Å². The van der Waals surface area contributed by atoms with E-state index >= 15 is 0 Å². The number of nitrogens with zero attached hydrogens (tertiary/aromatic N) is 4. The summed E-state index contributed by atoms with van der Waals surface area (Å²) in [5.74, 6) is 0. The smallest absolute Gasteiger partial charge is 0.151 e. The van der Waals surface area contributed by atoms with Gasteiger partial charge in [-0.05, 0) is 23.6 Å². The van der Waals surface area contributed by atoms with E-state index in [1.165, 1.54) is 0 Å². The Morgan fingerprint density at radius 2 is 2.47 bits per heavy atom. The van der Waals surface area contributed by atoms with Crippen LogP contribution in [0.2, 0.25) is 5.15 Å². The minimum atomic E-state index is 0.307. The van der Waals surface area contributed by atoms with Crippen LogP contribution in [0.4, 0.5) is 5.69 Å². The van der Waals surface area contributed by atoms with E-state index in [4.69, 9.17) is 22.9 Å². The molecule has 1 aromatic rings. The summed E-state index contributed by atoms with van der Waals surface area (Å²) in [4.78, 5) is 6.55. The molecule has 0 radical (unpaired) electrons. The van der Waals surface area contributed by atoms with Crippen molar-refractivity contribution in [2.75, 3.05) is 12.3 Å². The monoisotopic (exact) mass is 223 g/mol. The highest BCUT2D eigenvalue weighted by molar-refractivity contribution is 6.31. The maximum Gasteiger partial charge on any atom is 0.151 e. The normalized spacial score (nSPS) is 10.2. The Kier molecular flexibility index (Phi) is 4.47. The number of halogens is 1. The second-order valence-electron chi connectivity index (χ2n) is 2.79. The zero-order valence-corrected chi connectivity index (χ0v) is 8.72. The van der Waals surface area contributed by atoms with Crippen LogP contribution in [0, 0.1) is 0 Å². The standard InChI is InChI=1S/C9H10ClN5/c10-9-8(11)5-7(6-13-9)3-1-2-4-14-15-12/h1,3,5-6H,2,4,11H2. The molecule has 0 aliphatic heterocycles. The number of nitrogen functional groups attached to an aromatic ring is 1. The van der Waals surface area contributed by atoms with Gasteiger partial charge in [0.15, 0.2) is 5.15 Å². The Hall–Kier alpha value is -1.71. The second kappa shape index (κ2) is 5.90. The number of anilines is 1. The third kappa shape index (κ3) is 3.89. The molecule has 5 nitrogen and oxygen atoms in total. The fourth-order valence-electron chi connectivity index (χ4n) is 0.970. The highest BCUT2D eigenvalue weighted by atomic mass is 35.5. The van der Waals surface area contributed by atoms with Crippen molar-refractivity contribution in [3.63, 3.8) is 0 Å². The van der Waals surface area contributed by atoms with Gasteiger partial charge in [-0.3, -0.25) is 0 Å². The van der Waals surface area contributed by atoms with Crippen LogP contribution < -0.4 is 5.73 Å².